The van der Waals surface area contributed by atoms with Gasteiger partial charge in [0.1, 0.15) is 29.1 Å². The molecule has 3 aromatic carbocycles. The number of benzene rings is 3. The number of fused-ring (bicyclic) bond motifs is 14. The van der Waals surface area contributed by atoms with Gasteiger partial charge in [0.2, 0.25) is 0 Å². The van der Waals surface area contributed by atoms with Crippen molar-refractivity contribution in [3.8, 4) is 28.7 Å². The molecule has 1 fully saturated rings. The molecule has 0 spiro atoms. The predicted octanol–water partition coefficient (Wildman–Crippen LogP) is 6.30. The van der Waals surface area contributed by atoms with Crippen molar-refractivity contribution in [2.75, 3.05) is 45.7 Å². The average Bonchev–Trinajstić information content (AvgIpc) is 3.41. The van der Waals surface area contributed by atoms with Gasteiger partial charge < -0.3 is 54.5 Å². The Kier molecular flexibility index (Phi) is 16.2. The molecule has 17 nitrogen and oxygen atoms in total. The van der Waals surface area contributed by atoms with Crippen LogP contribution in [0, 0.1) is 30.6 Å². The lowest BCUT2D eigenvalue weighted by molar-refractivity contribution is -0.160. The number of esters is 1. The third-order valence-corrected chi connectivity index (χ3v) is 13.5. The second kappa shape index (κ2) is 21.4. The number of ether oxygens (including phenoxy) is 5. The van der Waals surface area contributed by atoms with Gasteiger partial charge in [0.15, 0.2) is 5.75 Å². The van der Waals surface area contributed by atoms with Crippen LogP contribution in [0.15, 0.2) is 65.5 Å². The molecule has 1 amide bonds. The first kappa shape index (κ1) is 51.3. The van der Waals surface area contributed by atoms with E-state index < -0.39 is 88.8 Å². The summed E-state index contributed by atoms with van der Waals surface area (Å²) in [7, 11) is 3.07. The summed E-state index contributed by atoms with van der Waals surface area (Å²) in [6.07, 6.45) is 5.60. The van der Waals surface area contributed by atoms with Crippen LogP contribution in [0.25, 0.3) is 10.8 Å². The molecule has 0 aromatic heterocycles. The number of amides is 1. The number of allylic oxidation sites excluding steroid dienone is 2. The van der Waals surface area contributed by atoms with E-state index in [2.05, 4.69) is 10.2 Å². The number of aromatic hydroxyl groups is 3. The molecule has 7 rings (SSSR count). The van der Waals surface area contributed by atoms with E-state index in [1.54, 1.807) is 47.0 Å². The van der Waals surface area contributed by atoms with E-state index >= 15 is 0 Å². The molecule has 0 unspecified atom stereocenters. The fraction of sp³-hybridized carbons (Fsp3) is 0.490. The summed E-state index contributed by atoms with van der Waals surface area (Å²) in [5.41, 5.74) is 0.689. The maximum Gasteiger partial charge on any atom is 0.312 e. The number of carbonyl (C=O) groups is 3. The van der Waals surface area contributed by atoms with Gasteiger partial charge in [0, 0.05) is 93.9 Å². The van der Waals surface area contributed by atoms with Crippen LogP contribution in [0.4, 0.5) is 5.69 Å². The Morgan fingerprint density at radius 1 is 0.941 bits per heavy atom. The van der Waals surface area contributed by atoms with Crippen LogP contribution < -0.4 is 14.8 Å². The molecular weight excluding hydrogens is 877 g/mol. The first-order chi connectivity index (χ1) is 32.2. The number of nitrogens with one attached hydrogen (secondary N) is 1. The van der Waals surface area contributed by atoms with Crippen molar-refractivity contribution in [3.05, 3.63) is 82.7 Å². The maximum atomic E-state index is 14.6. The highest BCUT2D eigenvalue weighted by Gasteiger charge is 2.50. The van der Waals surface area contributed by atoms with E-state index in [1.807, 2.05) is 29.3 Å². The molecule has 0 aliphatic carbocycles. The molecule has 9 atom stereocenters. The number of phenols is 3. The van der Waals surface area contributed by atoms with Gasteiger partial charge in [-0.25, -0.2) is 0 Å². The van der Waals surface area contributed by atoms with Gasteiger partial charge in [-0.1, -0.05) is 58.1 Å². The van der Waals surface area contributed by atoms with E-state index in [-0.39, 0.29) is 44.5 Å². The zero-order chi connectivity index (χ0) is 49.8. The number of hydrogen-bond acceptors (Lipinski definition) is 16. The van der Waals surface area contributed by atoms with Crippen molar-refractivity contribution >= 4 is 40.3 Å². The lowest BCUT2D eigenvalue weighted by Crippen LogP contribution is -2.46. The van der Waals surface area contributed by atoms with Gasteiger partial charge in [0.05, 0.1) is 60.1 Å². The van der Waals surface area contributed by atoms with Crippen molar-refractivity contribution in [1.29, 1.82) is 0 Å². The number of methoxy groups -OCH3 is 2. The Morgan fingerprint density at radius 2 is 1.68 bits per heavy atom. The Hall–Kier alpha value is -6.14. The van der Waals surface area contributed by atoms with E-state index in [0.29, 0.717) is 26.2 Å². The van der Waals surface area contributed by atoms with Gasteiger partial charge in [-0.3, -0.25) is 24.3 Å². The molecule has 4 heterocycles. The third kappa shape index (κ3) is 10.6. The van der Waals surface area contributed by atoms with Crippen molar-refractivity contribution in [1.82, 2.24) is 9.91 Å². The second-order valence-corrected chi connectivity index (χ2v) is 18.3. The molecule has 68 heavy (non-hydrogen) atoms. The summed E-state index contributed by atoms with van der Waals surface area (Å²) >= 11 is 0. The smallest absolute Gasteiger partial charge is 0.312 e. The molecule has 4 aliphatic heterocycles. The molecule has 5 bridgehead atoms. The van der Waals surface area contributed by atoms with Crippen LogP contribution in [-0.4, -0.2) is 130 Å². The number of ketones is 1. The molecular formula is C51H66N4O13. The second-order valence-electron chi connectivity index (χ2n) is 18.3. The molecule has 1 saturated heterocycles. The van der Waals surface area contributed by atoms with Gasteiger partial charge in [0.25, 0.3) is 11.7 Å². The first-order valence-electron chi connectivity index (χ1n) is 22.9. The topological polar surface area (TPSA) is 229 Å². The summed E-state index contributed by atoms with van der Waals surface area (Å²) in [6.45, 7) is 15.7. The molecule has 368 valence electrons. The summed E-state index contributed by atoms with van der Waals surface area (Å²) in [4.78, 5) is 43.3. The summed E-state index contributed by atoms with van der Waals surface area (Å²) in [5, 5.41) is 67.9. The fourth-order valence-electron chi connectivity index (χ4n) is 9.27. The summed E-state index contributed by atoms with van der Waals surface area (Å²) < 4.78 is 29.2. The Balaban J connectivity index is 1.45. The predicted molar refractivity (Wildman–Crippen MR) is 256 cm³/mol. The van der Waals surface area contributed by atoms with Crippen molar-refractivity contribution < 1.29 is 63.6 Å². The number of hydrazone groups is 1. The number of aliphatic hydroxyl groups is 2. The number of anilines is 1. The highest BCUT2D eigenvalue weighted by Crippen LogP contribution is 2.55. The number of phenolic OH excluding ortho intramolecular Hbond substituents is 3. The van der Waals surface area contributed by atoms with E-state index in [0.717, 1.165) is 24.3 Å². The minimum absolute atomic E-state index is 0.0473. The van der Waals surface area contributed by atoms with Crippen molar-refractivity contribution in [2.24, 2.45) is 28.8 Å². The molecule has 6 N–H and O–H groups in total. The average molecular weight is 943 g/mol. The van der Waals surface area contributed by atoms with E-state index in [9.17, 15) is 39.9 Å². The summed E-state index contributed by atoms with van der Waals surface area (Å²) in [6, 6.07) is 7.88. The van der Waals surface area contributed by atoms with Crippen molar-refractivity contribution in [2.45, 2.75) is 98.6 Å². The SMILES string of the molecule is COc1cccc(CN2CCCN(/N=C\c3c4c(O)c5c(O)c(C)c6c(c5c3O)C(=O)[C@@](C)(O/C=C/[C@H](OC)[C@@H](C)[C@@H](OC(C)=O)[C@H](C)[C@@H](O)[C@H](C)[C@@H](O)[C@H](C)/C=C/C=C(/C)C(=O)N4)O6)CC2)c1. The lowest BCUT2D eigenvalue weighted by atomic mass is 9.78. The number of hydrogen-bond donors (Lipinski definition) is 6. The Bertz CT molecular complexity index is 2500. The van der Waals surface area contributed by atoms with Crippen LogP contribution in [0.5, 0.6) is 28.7 Å². The number of aliphatic hydroxyl groups excluding tert-OH is 2. The van der Waals surface area contributed by atoms with Gasteiger partial charge in [-0.2, -0.15) is 5.10 Å². The lowest BCUT2D eigenvalue weighted by Gasteiger charge is -2.38. The Morgan fingerprint density at radius 3 is 2.37 bits per heavy atom. The largest absolute Gasteiger partial charge is 0.507 e. The molecule has 4 aliphatic rings. The number of rotatable bonds is 7. The molecule has 0 saturated carbocycles. The monoisotopic (exact) mass is 942 g/mol. The van der Waals surface area contributed by atoms with Crippen LogP contribution in [0.2, 0.25) is 0 Å². The molecule has 17 heteroatoms. The minimum Gasteiger partial charge on any atom is -0.507 e. The number of nitrogens with zero attached hydrogens (tertiary/aromatic N) is 3. The van der Waals surface area contributed by atoms with Gasteiger partial charge in [-0.15, -0.1) is 0 Å². The normalized spacial score (nSPS) is 29.5. The number of carbonyl (C=O) groups excluding carboxylic acids is 3. The fourth-order valence-corrected chi connectivity index (χ4v) is 9.27. The summed E-state index contributed by atoms with van der Waals surface area (Å²) in [5.74, 6) is -7.72. The first-order valence-corrected chi connectivity index (χ1v) is 22.9. The minimum atomic E-state index is -2.07. The zero-order valence-corrected chi connectivity index (χ0v) is 40.5. The van der Waals surface area contributed by atoms with Gasteiger partial charge >= 0.3 is 11.8 Å². The Labute approximate surface area is 397 Å². The number of Topliss-reactive ketones (excluding diaryl/α,β-unsaturated/α-hetero) is 1. The van der Waals surface area contributed by atoms with Crippen LogP contribution in [0.1, 0.15) is 81.9 Å². The standard InChI is InChI=1S/C51H66N4O13/c1-27-14-11-15-28(2)50(63)53-41-36(25-52-55-20-13-19-54(21-22-55)26-34-16-12-17-35(24-34)64-9)45(60)38-39(46(41)61)44(59)32(6)48-40(38)49(62)51(8,68-48)66-23-18-37(65-10)29(3)47(67-33(7)56)31(5)43(58)30(4)42(27)57/h11-12,14-18,23-25,27,29-31,37,42-43,47,57-61H,13,19-22,26H2,1-10H3,(H,53,63)/b14-11+,23-18+,28-15-,52-25-/t27-,29-,30-,31-,37+,42+,43+,47-,51+/m1/s1. The highest BCUT2D eigenvalue weighted by molar-refractivity contribution is 6.23. The van der Waals surface area contributed by atoms with E-state index in [1.165, 1.54) is 59.4 Å². The van der Waals surface area contributed by atoms with E-state index in [4.69, 9.17) is 28.8 Å². The molecule has 0 radical (unpaired) electrons. The molecule has 3 aromatic rings. The highest BCUT2D eigenvalue weighted by atomic mass is 16.7. The quantitative estimate of drug-likeness (QED) is 0.0661. The van der Waals surface area contributed by atoms with Crippen LogP contribution in [0.3, 0.4) is 0 Å². The third-order valence-electron chi connectivity index (χ3n) is 13.5. The van der Waals surface area contributed by atoms with Crippen molar-refractivity contribution in [3.63, 3.8) is 0 Å². The zero-order valence-electron chi connectivity index (χ0n) is 40.5. The van der Waals surface area contributed by atoms with Gasteiger partial charge in [-0.05, 0) is 44.0 Å². The van der Waals surface area contributed by atoms with Crippen LogP contribution in [-0.2, 0) is 30.3 Å². The maximum absolute atomic E-state index is 14.6. The van der Waals surface area contributed by atoms with Crippen LogP contribution >= 0.6 is 0 Å².